The van der Waals surface area contributed by atoms with Crippen LogP contribution in [-0.2, 0) is 10.0 Å². The molecule has 0 atom stereocenters. The Bertz CT molecular complexity index is 1070. The highest BCUT2D eigenvalue weighted by atomic mass is 79.9. The minimum absolute atomic E-state index is 0.0986. The third-order valence-electron chi connectivity index (χ3n) is 3.91. The summed E-state index contributed by atoms with van der Waals surface area (Å²) in [5.74, 6) is 2.30. The Morgan fingerprint density at radius 3 is 2.62 bits per heavy atom. The number of nitrogens with zero attached hydrogens (tertiary/aromatic N) is 3. The van der Waals surface area contributed by atoms with Gasteiger partial charge in [-0.05, 0) is 44.2 Å². The van der Waals surface area contributed by atoms with Gasteiger partial charge in [0.25, 0.3) is 0 Å². The summed E-state index contributed by atoms with van der Waals surface area (Å²) in [5.41, 5.74) is 0. The molecule has 3 rings (SSSR count). The van der Waals surface area contributed by atoms with Crippen molar-refractivity contribution in [3.63, 3.8) is 0 Å². The molecule has 0 bridgehead atoms. The molecule has 0 fully saturated rings. The van der Waals surface area contributed by atoms with Crippen LogP contribution < -0.4 is 14.8 Å². The van der Waals surface area contributed by atoms with Crippen LogP contribution in [0.4, 0.5) is 5.82 Å². The van der Waals surface area contributed by atoms with E-state index in [1.54, 1.807) is 12.1 Å². The average molecular weight is 480 g/mol. The van der Waals surface area contributed by atoms with E-state index >= 15 is 0 Å². The minimum Gasteiger partial charge on any atom is -0.492 e. The summed E-state index contributed by atoms with van der Waals surface area (Å²) >= 11 is 3.31. The van der Waals surface area contributed by atoms with Gasteiger partial charge in [-0.2, -0.15) is 0 Å². The zero-order valence-electron chi connectivity index (χ0n) is 16.1. The van der Waals surface area contributed by atoms with E-state index in [4.69, 9.17) is 4.74 Å². The normalized spacial score (nSPS) is 11.4. The molecule has 29 heavy (non-hydrogen) atoms. The fourth-order valence-corrected chi connectivity index (χ4v) is 4.40. The van der Waals surface area contributed by atoms with Crippen molar-refractivity contribution in [1.29, 1.82) is 0 Å². The number of halogens is 1. The van der Waals surface area contributed by atoms with E-state index in [1.165, 1.54) is 6.07 Å². The van der Waals surface area contributed by atoms with Gasteiger partial charge in [0.15, 0.2) is 0 Å². The molecule has 8 nitrogen and oxygen atoms in total. The second kappa shape index (κ2) is 9.38. The molecule has 2 heterocycles. The zero-order valence-corrected chi connectivity index (χ0v) is 18.5. The van der Waals surface area contributed by atoms with Gasteiger partial charge in [-0.3, -0.25) is 0 Å². The topological polar surface area (TPSA) is 98.1 Å². The van der Waals surface area contributed by atoms with Crippen LogP contribution in [0.3, 0.4) is 0 Å². The van der Waals surface area contributed by atoms with Crippen LogP contribution in [-0.4, -0.2) is 42.6 Å². The standard InChI is InChI=1S/C19H22BrN5O3S/c1-3-28-16-7-6-15(20)12-17(16)29(26,27)22-9-8-21-18-13-19(24-14(2)23-18)25-10-4-5-11-25/h4-7,10-13,22H,3,8-9H2,1-2H3,(H,21,23,24). The number of nitrogens with one attached hydrogen (secondary N) is 2. The van der Waals surface area contributed by atoms with Gasteiger partial charge in [-0.25, -0.2) is 23.1 Å². The maximum atomic E-state index is 12.7. The smallest absolute Gasteiger partial charge is 0.244 e. The Balaban J connectivity index is 1.64. The molecule has 2 aromatic heterocycles. The maximum absolute atomic E-state index is 12.7. The van der Waals surface area contributed by atoms with Crippen LogP contribution >= 0.6 is 15.9 Å². The molecule has 0 aliphatic carbocycles. The van der Waals surface area contributed by atoms with E-state index in [0.717, 1.165) is 5.82 Å². The number of aromatic nitrogens is 3. The predicted octanol–water partition coefficient (Wildman–Crippen LogP) is 3.13. The third kappa shape index (κ3) is 5.55. The molecule has 154 valence electrons. The summed E-state index contributed by atoms with van der Waals surface area (Å²) in [4.78, 5) is 8.85. The first-order chi connectivity index (χ1) is 13.9. The lowest BCUT2D eigenvalue weighted by atomic mass is 10.3. The lowest BCUT2D eigenvalue weighted by Gasteiger charge is -2.13. The number of ether oxygens (including phenoxy) is 1. The minimum atomic E-state index is -3.72. The van der Waals surface area contributed by atoms with Crippen molar-refractivity contribution >= 4 is 31.8 Å². The molecule has 0 amide bonds. The second-order valence-electron chi connectivity index (χ2n) is 6.10. The highest BCUT2D eigenvalue weighted by Gasteiger charge is 2.19. The molecule has 0 radical (unpaired) electrons. The molecule has 0 spiro atoms. The molecular weight excluding hydrogens is 458 g/mol. The van der Waals surface area contributed by atoms with Gasteiger partial charge < -0.3 is 14.6 Å². The summed E-state index contributed by atoms with van der Waals surface area (Å²) in [6.45, 7) is 4.54. The van der Waals surface area contributed by atoms with E-state index < -0.39 is 10.0 Å². The van der Waals surface area contributed by atoms with Gasteiger partial charge in [0.1, 0.15) is 28.1 Å². The van der Waals surface area contributed by atoms with E-state index in [2.05, 4.69) is 35.9 Å². The Morgan fingerprint density at radius 2 is 1.90 bits per heavy atom. The fraction of sp³-hybridized carbons (Fsp3) is 0.263. The maximum Gasteiger partial charge on any atom is 0.244 e. The molecule has 0 aliphatic rings. The van der Waals surface area contributed by atoms with Crippen LogP contribution in [0, 0.1) is 6.92 Å². The average Bonchev–Trinajstić information content (AvgIpc) is 3.21. The highest BCUT2D eigenvalue weighted by molar-refractivity contribution is 9.10. The lowest BCUT2D eigenvalue weighted by Crippen LogP contribution is -2.29. The molecular formula is C19H22BrN5O3S. The van der Waals surface area contributed by atoms with Crippen molar-refractivity contribution in [3.05, 3.63) is 59.1 Å². The summed E-state index contributed by atoms with van der Waals surface area (Å²) < 4.78 is 35.9. The van der Waals surface area contributed by atoms with Crippen LogP contribution in [0.5, 0.6) is 5.75 Å². The van der Waals surface area contributed by atoms with E-state index in [9.17, 15) is 8.42 Å². The number of hydrogen-bond acceptors (Lipinski definition) is 6. The van der Waals surface area contributed by atoms with Crippen molar-refractivity contribution < 1.29 is 13.2 Å². The van der Waals surface area contributed by atoms with E-state index in [-0.39, 0.29) is 11.4 Å². The number of aryl methyl sites for hydroxylation is 1. The van der Waals surface area contributed by atoms with Crippen molar-refractivity contribution in [3.8, 4) is 11.6 Å². The van der Waals surface area contributed by atoms with Crippen LogP contribution in [0.1, 0.15) is 12.7 Å². The molecule has 1 aromatic carbocycles. The number of hydrogen-bond donors (Lipinski definition) is 2. The third-order valence-corrected chi connectivity index (χ3v) is 5.89. The molecule has 0 saturated carbocycles. The fourth-order valence-electron chi connectivity index (χ4n) is 2.68. The van der Waals surface area contributed by atoms with E-state index in [1.807, 2.05) is 49.0 Å². The SMILES string of the molecule is CCOc1ccc(Br)cc1S(=O)(=O)NCCNc1cc(-n2cccc2)nc(C)n1. The molecule has 3 aromatic rings. The first-order valence-electron chi connectivity index (χ1n) is 9.04. The Kier molecular flexibility index (Phi) is 6.88. The van der Waals surface area contributed by atoms with Gasteiger partial charge >= 0.3 is 0 Å². The van der Waals surface area contributed by atoms with Crippen LogP contribution in [0.25, 0.3) is 5.82 Å². The quantitative estimate of drug-likeness (QED) is 0.457. The molecule has 10 heteroatoms. The van der Waals surface area contributed by atoms with Crippen LogP contribution in [0.2, 0.25) is 0 Å². The first-order valence-corrected chi connectivity index (χ1v) is 11.3. The van der Waals surface area contributed by atoms with Crippen molar-refractivity contribution in [2.45, 2.75) is 18.7 Å². The summed E-state index contributed by atoms with van der Waals surface area (Å²) in [6, 6.07) is 10.5. The Morgan fingerprint density at radius 1 is 1.14 bits per heavy atom. The summed E-state index contributed by atoms with van der Waals surface area (Å²) in [5, 5.41) is 3.13. The summed E-state index contributed by atoms with van der Waals surface area (Å²) in [7, 11) is -3.72. The Hall–Kier alpha value is -2.43. The van der Waals surface area contributed by atoms with Gasteiger partial charge in [0.05, 0.1) is 6.61 Å². The van der Waals surface area contributed by atoms with Gasteiger partial charge in [0, 0.05) is 36.0 Å². The first kappa shape index (κ1) is 21.3. The number of rotatable bonds is 9. The van der Waals surface area contributed by atoms with E-state index in [0.29, 0.717) is 35.0 Å². The number of anilines is 1. The largest absolute Gasteiger partial charge is 0.492 e. The second-order valence-corrected chi connectivity index (χ2v) is 8.75. The Labute approximate surface area is 178 Å². The van der Waals surface area contributed by atoms with Crippen LogP contribution in [0.15, 0.2) is 58.2 Å². The highest BCUT2D eigenvalue weighted by Crippen LogP contribution is 2.27. The monoisotopic (exact) mass is 479 g/mol. The van der Waals surface area contributed by atoms with Gasteiger partial charge in [-0.15, -0.1) is 0 Å². The zero-order chi connectivity index (χ0) is 20.9. The lowest BCUT2D eigenvalue weighted by molar-refractivity contribution is 0.331. The molecule has 0 aliphatic heterocycles. The van der Waals surface area contributed by atoms with Crippen molar-refractivity contribution in [1.82, 2.24) is 19.3 Å². The molecule has 0 unspecified atom stereocenters. The number of sulfonamides is 1. The number of benzene rings is 1. The predicted molar refractivity (Wildman–Crippen MR) is 115 cm³/mol. The summed E-state index contributed by atoms with van der Waals surface area (Å²) in [6.07, 6.45) is 3.79. The van der Waals surface area contributed by atoms with Crippen molar-refractivity contribution in [2.75, 3.05) is 25.0 Å². The molecule has 0 saturated heterocycles. The molecule has 2 N–H and O–H groups in total. The van der Waals surface area contributed by atoms with Crippen molar-refractivity contribution in [2.24, 2.45) is 0 Å². The van der Waals surface area contributed by atoms with Gasteiger partial charge in [0.2, 0.25) is 10.0 Å². The van der Waals surface area contributed by atoms with Gasteiger partial charge in [-0.1, -0.05) is 15.9 Å².